The number of hydrogen-bond acceptors (Lipinski definition) is 4. The first kappa shape index (κ1) is 6.54. The lowest BCUT2D eigenvalue weighted by Gasteiger charge is -2.13. The summed E-state index contributed by atoms with van der Waals surface area (Å²) in [6, 6.07) is 0. The number of aromatic amines is 1. The van der Waals surface area contributed by atoms with E-state index in [9.17, 15) is 0 Å². The molecule has 2 aliphatic heterocycles. The molecule has 5 nitrogen and oxygen atoms in total. The van der Waals surface area contributed by atoms with E-state index >= 15 is 0 Å². The van der Waals surface area contributed by atoms with Crippen molar-refractivity contribution < 1.29 is 4.74 Å². The number of hydrogen-bond donors (Lipinski definition) is 1. The van der Waals surface area contributed by atoms with E-state index in [0.717, 1.165) is 18.7 Å². The zero-order valence-electron chi connectivity index (χ0n) is 6.60. The molecule has 1 aromatic rings. The van der Waals surface area contributed by atoms with Gasteiger partial charge in [-0.25, -0.2) is 0 Å². The smallest absolute Gasteiger partial charge is 0.180 e. The Bertz CT molecular complexity index is 273. The van der Waals surface area contributed by atoms with E-state index in [2.05, 4.69) is 20.6 Å². The van der Waals surface area contributed by atoms with E-state index in [-0.39, 0.29) is 0 Å². The molecule has 0 aromatic carbocycles. The van der Waals surface area contributed by atoms with Crippen LogP contribution in [-0.2, 0) is 4.74 Å². The lowest BCUT2D eigenvalue weighted by Crippen LogP contribution is -2.15. The Balaban J connectivity index is 1.87. The van der Waals surface area contributed by atoms with Gasteiger partial charge in [0.1, 0.15) is 0 Å². The fourth-order valence-corrected chi connectivity index (χ4v) is 2.24. The second-order valence-corrected chi connectivity index (χ2v) is 3.49. The van der Waals surface area contributed by atoms with Gasteiger partial charge in [0, 0.05) is 0 Å². The highest BCUT2D eigenvalue weighted by molar-refractivity contribution is 5.04. The molecule has 1 N–H and O–H groups in total. The Labute approximate surface area is 69.5 Å². The Hall–Kier alpha value is -0.970. The number of aromatic nitrogens is 4. The van der Waals surface area contributed by atoms with Crippen LogP contribution in [0.1, 0.15) is 31.0 Å². The van der Waals surface area contributed by atoms with Crippen molar-refractivity contribution in [1.29, 1.82) is 0 Å². The molecule has 2 bridgehead atoms. The van der Waals surface area contributed by atoms with Gasteiger partial charge in [-0.2, -0.15) is 5.21 Å². The van der Waals surface area contributed by atoms with Crippen LogP contribution in [0.5, 0.6) is 0 Å². The van der Waals surface area contributed by atoms with Crippen LogP contribution >= 0.6 is 0 Å². The van der Waals surface area contributed by atoms with E-state index in [1.54, 1.807) is 0 Å². The van der Waals surface area contributed by atoms with Gasteiger partial charge < -0.3 is 4.74 Å². The zero-order chi connectivity index (χ0) is 7.97. The van der Waals surface area contributed by atoms with Crippen LogP contribution in [0.2, 0.25) is 0 Å². The summed E-state index contributed by atoms with van der Waals surface area (Å²) in [5, 5.41) is 14.0. The van der Waals surface area contributed by atoms with Gasteiger partial charge in [0.2, 0.25) is 0 Å². The average Bonchev–Trinajstić information content (AvgIpc) is 2.81. The van der Waals surface area contributed by atoms with Crippen molar-refractivity contribution in [2.45, 2.75) is 37.4 Å². The minimum Gasteiger partial charge on any atom is -0.374 e. The molecule has 0 spiro atoms. The van der Waals surface area contributed by atoms with Gasteiger partial charge in [-0.3, -0.25) is 0 Å². The fourth-order valence-electron chi connectivity index (χ4n) is 2.24. The lowest BCUT2D eigenvalue weighted by atomic mass is 9.89. The molecule has 2 aliphatic rings. The van der Waals surface area contributed by atoms with Gasteiger partial charge in [-0.1, -0.05) is 5.21 Å². The highest BCUT2D eigenvalue weighted by Crippen LogP contribution is 2.42. The summed E-state index contributed by atoms with van der Waals surface area (Å²) < 4.78 is 5.69. The topological polar surface area (TPSA) is 63.7 Å². The number of ether oxygens (including phenoxy) is 1. The van der Waals surface area contributed by atoms with Crippen molar-refractivity contribution in [2.24, 2.45) is 0 Å². The van der Waals surface area contributed by atoms with Crippen molar-refractivity contribution >= 4 is 0 Å². The van der Waals surface area contributed by atoms with Crippen LogP contribution in [0.4, 0.5) is 0 Å². The Morgan fingerprint density at radius 3 is 3.00 bits per heavy atom. The average molecular weight is 166 g/mol. The van der Waals surface area contributed by atoms with Crippen LogP contribution in [0.3, 0.4) is 0 Å². The van der Waals surface area contributed by atoms with Crippen LogP contribution < -0.4 is 0 Å². The third-order valence-electron chi connectivity index (χ3n) is 2.80. The number of tetrazole rings is 1. The monoisotopic (exact) mass is 166 g/mol. The molecule has 3 atom stereocenters. The fraction of sp³-hybridized carbons (Fsp3) is 0.857. The molecule has 1 aromatic heterocycles. The molecular weight excluding hydrogens is 156 g/mol. The van der Waals surface area contributed by atoms with Crippen molar-refractivity contribution in [1.82, 2.24) is 20.6 Å². The largest absolute Gasteiger partial charge is 0.374 e. The first-order chi connectivity index (χ1) is 5.93. The predicted octanol–water partition coefficient (Wildman–Crippen LogP) is 0.235. The number of fused-ring (bicyclic) bond motifs is 2. The summed E-state index contributed by atoms with van der Waals surface area (Å²) in [7, 11) is 0. The van der Waals surface area contributed by atoms with Crippen molar-refractivity contribution in [3.63, 3.8) is 0 Å². The Morgan fingerprint density at radius 1 is 1.42 bits per heavy atom. The van der Waals surface area contributed by atoms with Gasteiger partial charge >= 0.3 is 0 Å². The van der Waals surface area contributed by atoms with E-state index in [4.69, 9.17) is 4.74 Å². The molecule has 2 fully saturated rings. The minimum atomic E-state index is 0.354. The molecule has 0 saturated carbocycles. The molecule has 5 heteroatoms. The summed E-state index contributed by atoms with van der Waals surface area (Å²) in [5.74, 6) is 1.21. The molecule has 12 heavy (non-hydrogen) atoms. The van der Waals surface area contributed by atoms with Crippen LogP contribution in [-0.4, -0.2) is 32.8 Å². The molecule has 3 unspecified atom stereocenters. The van der Waals surface area contributed by atoms with E-state index in [0.29, 0.717) is 18.1 Å². The number of H-pyrrole nitrogens is 1. The van der Waals surface area contributed by atoms with Gasteiger partial charge in [0.25, 0.3) is 0 Å². The van der Waals surface area contributed by atoms with E-state index in [1.807, 2.05) is 0 Å². The van der Waals surface area contributed by atoms with Crippen molar-refractivity contribution in [3.05, 3.63) is 5.82 Å². The summed E-state index contributed by atoms with van der Waals surface area (Å²) in [5.41, 5.74) is 0. The maximum Gasteiger partial charge on any atom is 0.180 e. The summed E-state index contributed by atoms with van der Waals surface area (Å²) in [6.45, 7) is 0. The molecule has 3 rings (SSSR count). The Morgan fingerprint density at radius 2 is 2.42 bits per heavy atom. The molecule has 0 amide bonds. The minimum absolute atomic E-state index is 0.354. The third kappa shape index (κ3) is 0.797. The summed E-state index contributed by atoms with van der Waals surface area (Å²) in [4.78, 5) is 0. The number of nitrogens with zero attached hydrogens (tertiary/aromatic N) is 3. The maximum atomic E-state index is 5.69. The van der Waals surface area contributed by atoms with Gasteiger partial charge in [-0.15, -0.1) is 10.2 Å². The SMILES string of the molecule is C1CC2OC1CC2c1nn[nH]n1. The van der Waals surface area contributed by atoms with Crippen LogP contribution in [0, 0.1) is 0 Å². The van der Waals surface area contributed by atoms with E-state index < -0.39 is 0 Å². The summed E-state index contributed by atoms with van der Waals surface area (Å²) >= 11 is 0. The van der Waals surface area contributed by atoms with Gasteiger partial charge in [0.05, 0.1) is 18.1 Å². The predicted molar refractivity (Wildman–Crippen MR) is 39.4 cm³/mol. The van der Waals surface area contributed by atoms with E-state index in [1.165, 1.54) is 6.42 Å². The normalized spacial score (nSPS) is 39.2. The molecule has 64 valence electrons. The highest BCUT2D eigenvalue weighted by atomic mass is 16.5. The van der Waals surface area contributed by atoms with Crippen molar-refractivity contribution in [3.8, 4) is 0 Å². The highest BCUT2D eigenvalue weighted by Gasteiger charge is 2.43. The molecule has 2 saturated heterocycles. The number of rotatable bonds is 1. The van der Waals surface area contributed by atoms with Crippen LogP contribution in [0.15, 0.2) is 0 Å². The van der Waals surface area contributed by atoms with Gasteiger partial charge in [0.15, 0.2) is 5.82 Å². The molecule has 3 heterocycles. The lowest BCUT2D eigenvalue weighted by molar-refractivity contribution is 0.0999. The zero-order valence-corrected chi connectivity index (χ0v) is 6.60. The molecule has 0 aliphatic carbocycles. The van der Waals surface area contributed by atoms with Crippen molar-refractivity contribution in [2.75, 3.05) is 0 Å². The molecular formula is C7H10N4O. The third-order valence-corrected chi connectivity index (χ3v) is 2.80. The quantitative estimate of drug-likeness (QED) is 0.648. The number of nitrogens with one attached hydrogen (secondary N) is 1. The maximum absolute atomic E-state index is 5.69. The standard InChI is InChI=1S/C7H10N4O/c1-2-6-5(3-4(1)12-6)7-8-10-11-9-7/h4-6H,1-3H2,(H,8,9,10,11). The second-order valence-electron chi connectivity index (χ2n) is 3.49. The Kier molecular flexibility index (Phi) is 1.23. The molecule has 0 radical (unpaired) electrons. The summed E-state index contributed by atoms with van der Waals surface area (Å²) in [6.07, 6.45) is 4.25. The first-order valence-corrected chi connectivity index (χ1v) is 4.32. The first-order valence-electron chi connectivity index (χ1n) is 4.32. The van der Waals surface area contributed by atoms with Gasteiger partial charge in [-0.05, 0) is 19.3 Å². The second kappa shape index (κ2) is 2.26. The van der Waals surface area contributed by atoms with Crippen LogP contribution in [0.25, 0.3) is 0 Å².